The van der Waals surface area contributed by atoms with Crippen molar-refractivity contribution in [2.24, 2.45) is 0 Å². The molecule has 5 rings (SSSR count). The molecule has 3 aromatic carbocycles. The van der Waals surface area contributed by atoms with Crippen LogP contribution in [0.1, 0.15) is 22.6 Å². The SMILES string of the molecule is CN1C(=O)C(C2(O)C(=O)N(Cc3ccccc3)c3c(Cl)cccc32)c2ccccc21. The van der Waals surface area contributed by atoms with Crippen molar-refractivity contribution in [3.05, 3.63) is 94.5 Å². The van der Waals surface area contributed by atoms with Gasteiger partial charge in [-0.1, -0.05) is 72.3 Å². The number of anilines is 2. The number of carbonyl (C=O) groups excluding carboxylic acids is 2. The van der Waals surface area contributed by atoms with Crippen LogP contribution in [0.3, 0.4) is 0 Å². The lowest BCUT2D eigenvalue weighted by molar-refractivity contribution is -0.144. The smallest absolute Gasteiger partial charge is 0.265 e. The van der Waals surface area contributed by atoms with Crippen LogP contribution >= 0.6 is 11.6 Å². The molecule has 0 aliphatic carbocycles. The first-order valence-corrected chi connectivity index (χ1v) is 10.1. The molecule has 0 aromatic heterocycles. The zero-order chi connectivity index (χ0) is 21.0. The van der Waals surface area contributed by atoms with Crippen molar-refractivity contribution in [1.82, 2.24) is 0 Å². The van der Waals surface area contributed by atoms with Crippen LogP contribution in [0.5, 0.6) is 0 Å². The second-order valence-electron chi connectivity index (χ2n) is 7.67. The second kappa shape index (κ2) is 6.69. The molecule has 2 amide bonds. The van der Waals surface area contributed by atoms with Gasteiger partial charge in [0.2, 0.25) is 5.91 Å². The van der Waals surface area contributed by atoms with Crippen LogP contribution in [0.2, 0.25) is 5.02 Å². The van der Waals surface area contributed by atoms with Crippen LogP contribution in [-0.4, -0.2) is 24.0 Å². The Hall–Kier alpha value is -3.15. The summed E-state index contributed by atoms with van der Waals surface area (Å²) in [5.41, 5.74) is 1.01. The first-order valence-electron chi connectivity index (χ1n) is 9.68. The fourth-order valence-electron chi connectivity index (χ4n) is 4.60. The number of nitrogens with zero attached hydrogens (tertiary/aromatic N) is 2. The van der Waals surface area contributed by atoms with Gasteiger partial charge in [-0.25, -0.2) is 0 Å². The van der Waals surface area contributed by atoms with Gasteiger partial charge in [0, 0.05) is 18.3 Å². The summed E-state index contributed by atoms with van der Waals surface area (Å²) in [6.45, 7) is 0.247. The van der Waals surface area contributed by atoms with E-state index in [1.54, 1.807) is 31.3 Å². The molecular formula is C24H19ClN2O3. The van der Waals surface area contributed by atoms with Crippen LogP contribution in [-0.2, 0) is 21.7 Å². The largest absolute Gasteiger partial charge is 0.374 e. The van der Waals surface area contributed by atoms with Gasteiger partial charge in [0.25, 0.3) is 5.91 Å². The van der Waals surface area contributed by atoms with E-state index in [4.69, 9.17) is 11.6 Å². The lowest BCUT2D eigenvalue weighted by atomic mass is 9.78. The molecule has 0 fully saturated rings. The molecule has 6 heteroatoms. The number of halogens is 1. The fourth-order valence-corrected chi connectivity index (χ4v) is 4.88. The Labute approximate surface area is 179 Å². The summed E-state index contributed by atoms with van der Waals surface area (Å²) in [5.74, 6) is -1.90. The van der Waals surface area contributed by atoms with Gasteiger partial charge in [0.05, 0.1) is 17.3 Å². The Balaban J connectivity index is 1.69. The molecule has 1 N–H and O–H groups in total. The van der Waals surface area contributed by atoms with Gasteiger partial charge >= 0.3 is 0 Å². The minimum atomic E-state index is -2.03. The summed E-state index contributed by atoms with van der Waals surface area (Å²) in [5, 5.41) is 12.3. The number of amides is 2. The third-order valence-electron chi connectivity index (χ3n) is 6.03. The molecule has 30 heavy (non-hydrogen) atoms. The molecule has 5 nitrogen and oxygen atoms in total. The van der Waals surface area contributed by atoms with E-state index in [9.17, 15) is 14.7 Å². The second-order valence-corrected chi connectivity index (χ2v) is 8.08. The molecule has 2 atom stereocenters. The van der Waals surface area contributed by atoms with E-state index in [-0.39, 0.29) is 12.5 Å². The Bertz CT molecular complexity index is 1180. The Morgan fingerprint density at radius 3 is 2.43 bits per heavy atom. The van der Waals surface area contributed by atoms with E-state index in [1.165, 1.54) is 9.80 Å². The third kappa shape index (κ3) is 2.46. The number of carbonyl (C=O) groups is 2. The normalized spacial score (nSPS) is 22.4. The summed E-state index contributed by atoms with van der Waals surface area (Å²) in [4.78, 5) is 29.9. The molecule has 2 aliphatic heterocycles. The van der Waals surface area contributed by atoms with E-state index in [0.717, 1.165) is 5.56 Å². The number of hydrogen-bond donors (Lipinski definition) is 1. The van der Waals surface area contributed by atoms with E-state index in [0.29, 0.717) is 27.5 Å². The molecule has 0 spiro atoms. The van der Waals surface area contributed by atoms with E-state index in [1.807, 2.05) is 48.5 Å². The van der Waals surface area contributed by atoms with Gasteiger partial charge < -0.3 is 14.9 Å². The quantitative estimate of drug-likeness (QED) is 0.703. The van der Waals surface area contributed by atoms with E-state index >= 15 is 0 Å². The number of para-hydroxylation sites is 2. The summed E-state index contributed by atoms with van der Waals surface area (Å²) < 4.78 is 0. The highest BCUT2D eigenvalue weighted by Crippen LogP contribution is 2.54. The Morgan fingerprint density at radius 1 is 0.967 bits per heavy atom. The molecule has 2 heterocycles. The topological polar surface area (TPSA) is 60.9 Å². The van der Waals surface area contributed by atoms with Crippen molar-refractivity contribution in [2.45, 2.75) is 18.1 Å². The Kier molecular flexibility index (Phi) is 4.20. The number of aliphatic hydroxyl groups is 1. The first-order chi connectivity index (χ1) is 14.4. The van der Waals surface area contributed by atoms with Gasteiger partial charge in [-0.05, 0) is 23.3 Å². The maximum atomic E-state index is 13.7. The zero-order valence-electron chi connectivity index (χ0n) is 16.2. The number of hydrogen-bond acceptors (Lipinski definition) is 3. The standard InChI is InChI=1S/C24H19ClN2O3/c1-26-19-13-6-5-10-16(19)20(22(26)28)24(30)17-11-7-12-18(25)21(17)27(23(24)29)14-15-8-3-2-4-9-15/h2-13,20,30H,14H2,1H3. The molecule has 2 unspecified atom stereocenters. The minimum absolute atomic E-state index is 0.247. The van der Waals surface area contributed by atoms with E-state index in [2.05, 4.69) is 0 Å². The van der Waals surface area contributed by atoms with Crippen molar-refractivity contribution in [1.29, 1.82) is 0 Å². The first kappa shape index (κ1) is 18.9. The van der Waals surface area contributed by atoms with Crippen molar-refractivity contribution in [2.75, 3.05) is 16.8 Å². The van der Waals surface area contributed by atoms with Gasteiger partial charge in [0.1, 0.15) is 5.92 Å². The average Bonchev–Trinajstić information content (AvgIpc) is 3.14. The van der Waals surface area contributed by atoms with Crippen molar-refractivity contribution in [3.8, 4) is 0 Å². The monoisotopic (exact) mass is 418 g/mol. The number of fused-ring (bicyclic) bond motifs is 2. The Morgan fingerprint density at radius 2 is 1.67 bits per heavy atom. The molecule has 3 aromatic rings. The fraction of sp³-hybridized carbons (Fsp3) is 0.167. The highest BCUT2D eigenvalue weighted by molar-refractivity contribution is 6.35. The molecule has 0 saturated heterocycles. The molecule has 0 saturated carbocycles. The molecule has 0 radical (unpaired) electrons. The van der Waals surface area contributed by atoms with Crippen molar-refractivity contribution >= 4 is 34.8 Å². The predicted octanol–water partition coefficient (Wildman–Crippen LogP) is 3.83. The third-order valence-corrected chi connectivity index (χ3v) is 6.33. The number of benzene rings is 3. The maximum Gasteiger partial charge on any atom is 0.265 e. The zero-order valence-corrected chi connectivity index (χ0v) is 17.0. The number of likely N-dealkylation sites (N-methyl/N-ethyl adjacent to an activating group) is 1. The van der Waals surface area contributed by atoms with Crippen molar-refractivity contribution in [3.63, 3.8) is 0 Å². The lowest BCUT2D eigenvalue weighted by Gasteiger charge is -2.28. The highest BCUT2D eigenvalue weighted by Gasteiger charge is 2.60. The molecular weight excluding hydrogens is 400 g/mol. The van der Waals surface area contributed by atoms with Crippen LogP contribution in [0.4, 0.5) is 11.4 Å². The van der Waals surface area contributed by atoms with Gasteiger partial charge in [-0.3, -0.25) is 9.59 Å². The summed E-state index contributed by atoms with van der Waals surface area (Å²) in [6.07, 6.45) is 0. The number of rotatable bonds is 3. The predicted molar refractivity (Wildman–Crippen MR) is 116 cm³/mol. The van der Waals surface area contributed by atoms with Crippen LogP contribution in [0, 0.1) is 0 Å². The summed E-state index contributed by atoms with van der Waals surface area (Å²) in [6, 6.07) is 21.8. The van der Waals surface area contributed by atoms with Gasteiger partial charge in [0.15, 0.2) is 5.60 Å². The molecule has 150 valence electrons. The van der Waals surface area contributed by atoms with Crippen LogP contribution in [0.25, 0.3) is 0 Å². The van der Waals surface area contributed by atoms with Crippen molar-refractivity contribution < 1.29 is 14.7 Å². The minimum Gasteiger partial charge on any atom is -0.374 e. The summed E-state index contributed by atoms with van der Waals surface area (Å²) in [7, 11) is 1.66. The maximum absolute atomic E-state index is 13.7. The molecule has 0 bridgehead atoms. The average molecular weight is 419 g/mol. The van der Waals surface area contributed by atoms with Crippen LogP contribution < -0.4 is 9.80 Å². The lowest BCUT2D eigenvalue weighted by Crippen LogP contribution is -2.47. The molecule has 2 aliphatic rings. The highest BCUT2D eigenvalue weighted by atomic mass is 35.5. The van der Waals surface area contributed by atoms with Gasteiger partial charge in [-0.2, -0.15) is 0 Å². The van der Waals surface area contributed by atoms with Gasteiger partial charge in [-0.15, -0.1) is 0 Å². The summed E-state index contributed by atoms with van der Waals surface area (Å²) >= 11 is 6.49. The van der Waals surface area contributed by atoms with Crippen LogP contribution in [0.15, 0.2) is 72.8 Å². The van der Waals surface area contributed by atoms with E-state index < -0.39 is 17.4 Å².